The van der Waals surface area contributed by atoms with Gasteiger partial charge in [-0.2, -0.15) is 37.1 Å². The summed E-state index contributed by atoms with van der Waals surface area (Å²) < 4.78 is 69.3. The number of hydrogen-bond acceptors (Lipinski definition) is 9. The second kappa shape index (κ2) is 13.8. The van der Waals surface area contributed by atoms with E-state index < -0.39 is 37.0 Å². The van der Waals surface area contributed by atoms with E-state index in [1.54, 1.807) is 6.92 Å². The quantitative estimate of drug-likeness (QED) is 0.194. The first-order valence-electron chi connectivity index (χ1n) is 13.5. The van der Waals surface area contributed by atoms with Crippen LogP contribution in [0.3, 0.4) is 0 Å². The van der Waals surface area contributed by atoms with E-state index in [9.17, 15) is 36.8 Å². The molecule has 246 valence electrons. The number of nitrogens with one attached hydrogen (secondary N) is 2. The van der Waals surface area contributed by atoms with Crippen LogP contribution in [0.15, 0.2) is 60.8 Å². The molecule has 5 rings (SSSR count). The normalized spacial score (nSPS) is 11.3. The van der Waals surface area contributed by atoms with Gasteiger partial charge in [-0.1, -0.05) is 23.7 Å². The van der Waals surface area contributed by atoms with Crippen LogP contribution in [0.4, 0.5) is 27.6 Å². The minimum atomic E-state index is -4.83. The van der Waals surface area contributed by atoms with Crippen molar-refractivity contribution in [1.29, 1.82) is 5.26 Å². The molecule has 2 amide bonds. The van der Waals surface area contributed by atoms with E-state index in [1.165, 1.54) is 60.8 Å². The Morgan fingerprint density at radius 3 is 2.48 bits per heavy atom. The summed E-state index contributed by atoms with van der Waals surface area (Å²) in [6.07, 6.45) is -3.45. The number of rotatable bonds is 10. The van der Waals surface area contributed by atoms with Gasteiger partial charge in [-0.15, -0.1) is 10.2 Å². The lowest BCUT2D eigenvalue weighted by Gasteiger charge is -2.15. The number of benzene rings is 2. The number of carbonyl (C=O) groups is 2. The number of nitriles is 1. The Morgan fingerprint density at radius 2 is 1.83 bits per heavy atom. The highest BCUT2D eigenvalue weighted by Gasteiger charge is 2.37. The van der Waals surface area contributed by atoms with Crippen molar-refractivity contribution in [2.45, 2.75) is 32.8 Å². The second-order valence-corrected chi connectivity index (χ2v) is 10.3. The largest absolute Gasteiger partial charge is 0.455 e. The molecule has 0 saturated heterocycles. The smallest absolute Gasteiger partial charge is 0.435 e. The van der Waals surface area contributed by atoms with Crippen LogP contribution in [0.5, 0.6) is 5.75 Å². The van der Waals surface area contributed by atoms with Crippen LogP contribution in [-0.4, -0.2) is 53.4 Å². The summed E-state index contributed by atoms with van der Waals surface area (Å²) in [5.74, 6) is -3.03. The van der Waals surface area contributed by atoms with Crippen molar-refractivity contribution in [3.05, 3.63) is 105 Å². The first-order chi connectivity index (χ1) is 22.8. The van der Waals surface area contributed by atoms with Crippen LogP contribution in [0.1, 0.15) is 49.1 Å². The van der Waals surface area contributed by atoms with E-state index in [1.807, 2.05) is 6.07 Å². The molecule has 0 fully saturated rings. The summed E-state index contributed by atoms with van der Waals surface area (Å²) in [7, 11) is 0. The maximum Gasteiger partial charge on any atom is 0.455 e. The fourth-order valence-corrected chi connectivity index (χ4v) is 4.57. The molecule has 3 aromatic heterocycles. The van der Waals surface area contributed by atoms with Gasteiger partial charge in [0.1, 0.15) is 18.0 Å². The van der Waals surface area contributed by atoms with Gasteiger partial charge in [0.05, 0.1) is 33.6 Å². The number of anilines is 1. The molecule has 2 N–H and O–H groups in total. The molecule has 0 unspecified atom stereocenters. The van der Waals surface area contributed by atoms with Crippen LogP contribution < -0.4 is 15.4 Å². The van der Waals surface area contributed by atoms with E-state index in [0.29, 0.717) is 15.9 Å². The zero-order valence-corrected chi connectivity index (χ0v) is 25.1. The van der Waals surface area contributed by atoms with E-state index >= 15 is 0 Å². The molecule has 19 heteroatoms. The third-order valence-electron chi connectivity index (χ3n) is 6.49. The van der Waals surface area contributed by atoms with Gasteiger partial charge < -0.3 is 15.4 Å². The Labute approximate surface area is 271 Å². The van der Waals surface area contributed by atoms with Crippen molar-refractivity contribution in [2.75, 3.05) is 5.32 Å². The predicted octanol–water partition coefficient (Wildman–Crippen LogP) is 4.94. The van der Waals surface area contributed by atoms with Gasteiger partial charge in [-0.25, -0.2) is 9.67 Å². The Balaban J connectivity index is 1.44. The zero-order chi connectivity index (χ0) is 34.6. The highest BCUT2D eigenvalue weighted by Crippen LogP contribution is 2.27. The molecule has 0 radical (unpaired) electrons. The molecule has 0 bridgehead atoms. The maximum absolute atomic E-state index is 13.8. The fraction of sp³-hybridized carbons (Fsp3) is 0.172. The number of pyridine rings is 1. The molecule has 0 spiro atoms. The molecular formula is C29H20ClF5N10O3. The average Bonchev–Trinajstić information content (AvgIpc) is 3.69. The van der Waals surface area contributed by atoms with E-state index in [0.717, 1.165) is 4.68 Å². The summed E-state index contributed by atoms with van der Waals surface area (Å²) in [6.45, 7) is -1.90. The van der Waals surface area contributed by atoms with E-state index in [4.69, 9.17) is 11.6 Å². The molecule has 0 aliphatic heterocycles. The summed E-state index contributed by atoms with van der Waals surface area (Å²) in [5, 5.41) is 28.9. The third kappa shape index (κ3) is 7.70. The maximum atomic E-state index is 13.8. The minimum absolute atomic E-state index is 0.0117. The van der Waals surface area contributed by atoms with Gasteiger partial charge in [0, 0.05) is 12.7 Å². The lowest BCUT2D eigenvalue weighted by atomic mass is 10.0. The average molecular weight is 687 g/mol. The van der Waals surface area contributed by atoms with Crippen molar-refractivity contribution in [1.82, 2.24) is 40.3 Å². The van der Waals surface area contributed by atoms with E-state index in [2.05, 4.69) is 40.9 Å². The highest BCUT2D eigenvalue weighted by molar-refractivity contribution is 6.32. The lowest BCUT2D eigenvalue weighted by Crippen LogP contribution is -2.26. The molecule has 5 aromatic rings. The standard InChI is InChI=1S/C29H20ClF5N10O3/c1-15-9-17(12-36)10-20(25(46)38-13-16-4-6-19(7-5-16)48-28(31)32)23(15)39-26(47)22-11-18(14-44-42-27(40-43-44)29(33,34)35)41-45(22)24-21(30)3-2-8-37-24/h2-11,28H,13-14H2,1H3,(H,38,46)(H,39,47). The Hall–Kier alpha value is -5.96. The molecule has 2 aromatic carbocycles. The van der Waals surface area contributed by atoms with Crippen LogP contribution in [0.25, 0.3) is 5.82 Å². The van der Waals surface area contributed by atoms with Crippen molar-refractivity contribution < 1.29 is 36.3 Å². The minimum Gasteiger partial charge on any atom is -0.435 e. The molecule has 0 saturated carbocycles. The number of halogens is 6. The number of nitrogens with zero attached hydrogens (tertiary/aromatic N) is 8. The molecule has 0 aliphatic rings. The molecule has 0 aliphatic carbocycles. The summed E-state index contributed by atoms with van der Waals surface area (Å²) in [4.78, 5) is 31.9. The number of aromatic nitrogens is 7. The number of aryl methyl sites for hydroxylation is 1. The SMILES string of the molecule is Cc1cc(C#N)cc(C(=O)NCc2ccc(OC(F)F)cc2)c1NC(=O)c1cc(Cn2nnc(C(F)(F)F)n2)nn1-c1ncccc1Cl. The topological polar surface area (TPSA) is 166 Å². The lowest BCUT2D eigenvalue weighted by molar-refractivity contribution is -0.145. The number of alkyl halides is 5. The fourth-order valence-electron chi connectivity index (χ4n) is 4.37. The Kier molecular flexibility index (Phi) is 9.61. The summed E-state index contributed by atoms with van der Waals surface area (Å²) in [5.41, 5.74) is 0.814. The predicted molar refractivity (Wildman–Crippen MR) is 156 cm³/mol. The molecule has 0 atom stereocenters. The van der Waals surface area contributed by atoms with Crippen molar-refractivity contribution >= 4 is 29.1 Å². The Morgan fingerprint density at radius 1 is 1.08 bits per heavy atom. The first kappa shape index (κ1) is 33.4. The molecule has 3 heterocycles. The van der Waals surface area contributed by atoms with Crippen LogP contribution in [0, 0.1) is 18.3 Å². The van der Waals surface area contributed by atoms with Gasteiger partial charge in [-0.3, -0.25) is 9.59 Å². The van der Waals surface area contributed by atoms with Crippen LogP contribution >= 0.6 is 11.6 Å². The van der Waals surface area contributed by atoms with Gasteiger partial charge in [0.25, 0.3) is 17.6 Å². The molecule has 13 nitrogen and oxygen atoms in total. The van der Waals surface area contributed by atoms with Crippen LogP contribution in [-0.2, 0) is 19.3 Å². The van der Waals surface area contributed by atoms with Gasteiger partial charge in [0.2, 0.25) is 0 Å². The number of amides is 2. The monoisotopic (exact) mass is 686 g/mol. The number of tetrazole rings is 1. The van der Waals surface area contributed by atoms with Crippen molar-refractivity contribution in [3.8, 4) is 17.6 Å². The summed E-state index contributed by atoms with van der Waals surface area (Å²) >= 11 is 6.32. The number of carbonyl (C=O) groups excluding carboxylic acids is 2. The highest BCUT2D eigenvalue weighted by atomic mass is 35.5. The Bertz CT molecular complexity index is 2020. The third-order valence-corrected chi connectivity index (χ3v) is 6.79. The molecule has 48 heavy (non-hydrogen) atoms. The zero-order valence-electron chi connectivity index (χ0n) is 24.3. The molecular weight excluding hydrogens is 667 g/mol. The van der Waals surface area contributed by atoms with E-state index in [-0.39, 0.29) is 51.3 Å². The van der Waals surface area contributed by atoms with Crippen molar-refractivity contribution in [2.24, 2.45) is 0 Å². The van der Waals surface area contributed by atoms with Gasteiger partial charge in [-0.05, 0) is 65.7 Å². The van der Waals surface area contributed by atoms with Crippen LogP contribution in [0.2, 0.25) is 5.02 Å². The number of hydrogen-bond donors (Lipinski definition) is 2. The second-order valence-electron chi connectivity index (χ2n) is 9.87. The van der Waals surface area contributed by atoms with Gasteiger partial charge in [0.15, 0.2) is 5.82 Å². The summed E-state index contributed by atoms with van der Waals surface area (Å²) in [6, 6.07) is 14.5. The first-order valence-corrected chi connectivity index (χ1v) is 13.9. The van der Waals surface area contributed by atoms with Gasteiger partial charge >= 0.3 is 12.8 Å². The van der Waals surface area contributed by atoms with Crippen molar-refractivity contribution in [3.63, 3.8) is 0 Å². The number of ether oxygens (including phenoxy) is 1.